The Bertz CT molecular complexity index is 1460. The molecule has 9 heteroatoms. The number of ether oxygens (including phenoxy) is 2. The Hall–Kier alpha value is -4.27. The maximum absolute atomic E-state index is 13.8. The molecule has 186 valence electrons. The minimum Gasteiger partial charge on any atom is -0.482 e. The Morgan fingerprint density at radius 2 is 1.53 bits per heavy atom. The Balaban J connectivity index is 1.71. The lowest BCUT2D eigenvalue weighted by Crippen LogP contribution is -2.18. The third-order valence-electron chi connectivity index (χ3n) is 5.73. The molecule has 0 atom stereocenters. The van der Waals surface area contributed by atoms with Gasteiger partial charge in [0.15, 0.2) is 6.61 Å². The van der Waals surface area contributed by atoms with Crippen LogP contribution in [0.2, 0.25) is 0 Å². The van der Waals surface area contributed by atoms with Crippen LogP contribution in [-0.2, 0) is 16.4 Å². The summed E-state index contributed by atoms with van der Waals surface area (Å²) in [6.07, 6.45) is -5.03. The van der Waals surface area contributed by atoms with E-state index in [1.165, 1.54) is 24.3 Å². The molecule has 1 heterocycles. The molecule has 0 spiro atoms. The van der Waals surface area contributed by atoms with Crippen molar-refractivity contribution in [2.75, 3.05) is 6.61 Å². The van der Waals surface area contributed by atoms with Gasteiger partial charge in [-0.2, -0.15) is 13.2 Å². The normalized spacial score (nSPS) is 11.9. The first-order chi connectivity index (χ1) is 17.0. The van der Waals surface area contributed by atoms with Crippen molar-refractivity contribution >= 4 is 16.9 Å². The van der Waals surface area contributed by atoms with Gasteiger partial charge in [0.2, 0.25) is 11.2 Å². The van der Waals surface area contributed by atoms with Crippen LogP contribution >= 0.6 is 0 Å². The van der Waals surface area contributed by atoms with Crippen LogP contribution in [-0.4, -0.2) is 17.7 Å². The number of rotatable bonds is 7. The van der Waals surface area contributed by atoms with Crippen molar-refractivity contribution in [2.45, 2.75) is 25.4 Å². The Morgan fingerprint density at radius 1 is 0.917 bits per heavy atom. The fourth-order valence-corrected chi connectivity index (χ4v) is 3.75. The van der Waals surface area contributed by atoms with Crippen LogP contribution in [0, 0.1) is 0 Å². The molecule has 0 saturated carbocycles. The van der Waals surface area contributed by atoms with Gasteiger partial charge >= 0.3 is 12.1 Å². The molecule has 4 aromatic rings. The molecule has 0 aliphatic carbocycles. The minimum atomic E-state index is -5.03. The maximum Gasteiger partial charge on any atom is 0.453 e. The molecule has 0 aliphatic rings. The van der Waals surface area contributed by atoms with Gasteiger partial charge in [-0.25, -0.2) is 4.79 Å². The summed E-state index contributed by atoms with van der Waals surface area (Å²) in [5.74, 6) is -3.91. The van der Waals surface area contributed by atoms with Gasteiger partial charge < -0.3 is 19.0 Å². The van der Waals surface area contributed by atoms with Crippen LogP contribution in [0.5, 0.6) is 17.2 Å². The van der Waals surface area contributed by atoms with E-state index in [1.54, 1.807) is 12.1 Å². The van der Waals surface area contributed by atoms with E-state index >= 15 is 0 Å². The summed E-state index contributed by atoms with van der Waals surface area (Å²) < 4.78 is 56.8. The van der Waals surface area contributed by atoms with Gasteiger partial charge in [0, 0.05) is 11.5 Å². The van der Waals surface area contributed by atoms with Gasteiger partial charge in [-0.15, -0.1) is 0 Å². The molecule has 0 amide bonds. The zero-order valence-corrected chi connectivity index (χ0v) is 19.3. The molecule has 36 heavy (non-hydrogen) atoms. The number of carboxylic acid groups (broad SMARTS) is 1. The van der Waals surface area contributed by atoms with Crippen LogP contribution in [0.3, 0.4) is 0 Å². The molecule has 0 radical (unpaired) electrons. The standard InChI is InChI=1S/C27H21F3O6/c1-26(2,16-6-4-3-5-7-16)17-8-10-18(11-9-17)35-24-23(33)20-13-12-19(34-15-22(31)32)14-21(20)36-25(24)27(28,29)30/h3-14H,15H2,1-2H3,(H,31,32). The van der Waals surface area contributed by atoms with Crippen LogP contribution in [0.1, 0.15) is 30.7 Å². The molecule has 0 saturated heterocycles. The lowest BCUT2D eigenvalue weighted by Gasteiger charge is -2.26. The molecule has 3 aromatic carbocycles. The van der Waals surface area contributed by atoms with Crippen molar-refractivity contribution in [3.8, 4) is 17.2 Å². The average molecular weight is 498 g/mol. The number of hydrogen-bond acceptors (Lipinski definition) is 5. The summed E-state index contributed by atoms with van der Waals surface area (Å²) >= 11 is 0. The van der Waals surface area contributed by atoms with E-state index < -0.39 is 41.3 Å². The fourth-order valence-electron chi connectivity index (χ4n) is 3.75. The molecule has 1 aromatic heterocycles. The second-order valence-corrected chi connectivity index (χ2v) is 8.55. The topological polar surface area (TPSA) is 86.0 Å². The third kappa shape index (κ3) is 5.05. The number of fused-ring (bicyclic) bond motifs is 1. The smallest absolute Gasteiger partial charge is 0.453 e. The van der Waals surface area contributed by atoms with Crippen LogP contribution in [0.4, 0.5) is 13.2 Å². The number of carboxylic acids is 1. The van der Waals surface area contributed by atoms with Crippen LogP contribution < -0.4 is 14.9 Å². The van der Waals surface area contributed by atoms with Crippen LogP contribution in [0.15, 0.2) is 82.0 Å². The predicted molar refractivity (Wildman–Crippen MR) is 126 cm³/mol. The Kier molecular flexibility index (Phi) is 6.49. The molecule has 0 aliphatic heterocycles. The van der Waals surface area contributed by atoms with Crippen molar-refractivity contribution < 1.29 is 37.0 Å². The van der Waals surface area contributed by atoms with E-state index in [9.17, 15) is 22.8 Å². The van der Waals surface area contributed by atoms with E-state index in [2.05, 4.69) is 0 Å². The van der Waals surface area contributed by atoms with Crippen molar-refractivity contribution in [1.82, 2.24) is 0 Å². The monoisotopic (exact) mass is 498 g/mol. The summed E-state index contributed by atoms with van der Waals surface area (Å²) in [7, 11) is 0. The number of carbonyl (C=O) groups is 1. The molecular formula is C27H21F3O6. The lowest BCUT2D eigenvalue weighted by molar-refractivity contribution is -0.154. The van der Waals surface area contributed by atoms with Crippen molar-refractivity contribution in [3.63, 3.8) is 0 Å². The average Bonchev–Trinajstić information content (AvgIpc) is 2.84. The highest BCUT2D eigenvalue weighted by atomic mass is 19.4. The van der Waals surface area contributed by atoms with Gasteiger partial charge in [-0.1, -0.05) is 56.3 Å². The van der Waals surface area contributed by atoms with Crippen LogP contribution in [0.25, 0.3) is 11.0 Å². The minimum absolute atomic E-state index is 0.0289. The molecule has 0 unspecified atom stereocenters. The SMILES string of the molecule is CC(C)(c1ccccc1)c1ccc(Oc2c(C(F)(F)F)oc3cc(OCC(=O)O)ccc3c2=O)cc1. The highest BCUT2D eigenvalue weighted by Crippen LogP contribution is 2.39. The zero-order chi connectivity index (χ0) is 26.1. The number of hydrogen-bond donors (Lipinski definition) is 1. The van der Waals surface area contributed by atoms with Gasteiger partial charge in [-0.3, -0.25) is 4.79 Å². The summed E-state index contributed by atoms with van der Waals surface area (Å²) in [6, 6.07) is 19.6. The number of halogens is 3. The van der Waals surface area contributed by atoms with Gasteiger partial charge in [0.1, 0.15) is 17.1 Å². The van der Waals surface area contributed by atoms with Crippen molar-refractivity contribution in [3.05, 3.63) is 99.9 Å². The molecule has 6 nitrogen and oxygen atoms in total. The van der Waals surface area contributed by atoms with Gasteiger partial charge in [-0.05, 0) is 35.4 Å². The first-order valence-corrected chi connectivity index (χ1v) is 10.8. The fraction of sp³-hybridized carbons (Fsp3) is 0.185. The summed E-state index contributed by atoms with van der Waals surface area (Å²) in [5.41, 5.74) is 0.139. The molecule has 0 fully saturated rings. The molecule has 0 bridgehead atoms. The van der Waals surface area contributed by atoms with Crippen molar-refractivity contribution in [1.29, 1.82) is 0 Å². The Labute approximate surface area is 203 Å². The van der Waals surface area contributed by atoms with E-state index in [0.717, 1.165) is 17.2 Å². The summed E-state index contributed by atoms with van der Waals surface area (Å²) in [4.78, 5) is 23.6. The van der Waals surface area contributed by atoms with E-state index in [0.29, 0.717) is 0 Å². The first-order valence-electron chi connectivity index (χ1n) is 10.8. The largest absolute Gasteiger partial charge is 0.482 e. The van der Waals surface area contributed by atoms with E-state index in [-0.39, 0.29) is 22.3 Å². The summed E-state index contributed by atoms with van der Waals surface area (Å²) in [5, 5.41) is 8.54. The highest BCUT2D eigenvalue weighted by molar-refractivity contribution is 5.80. The summed E-state index contributed by atoms with van der Waals surface area (Å²) in [6.45, 7) is 3.33. The number of benzene rings is 3. The quantitative estimate of drug-likeness (QED) is 0.318. The third-order valence-corrected chi connectivity index (χ3v) is 5.73. The lowest BCUT2D eigenvalue weighted by atomic mass is 9.78. The second-order valence-electron chi connectivity index (χ2n) is 8.55. The second kappa shape index (κ2) is 9.41. The number of alkyl halides is 3. The zero-order valence-electron chi connectivity index (χ0n) is 19.3. The first kappa shape index (κ1) is 24.8. The predicted octanol–water partition coefficient (Wildman–Crippen LogP) is 6.39. The van der Waals surface area contributed by atoms with E-state index in [1.807, 2.05) is 44.2 Å². The van der Waals surface area contributed by atoms with Gasteiger partial charge in [0.05, 0.1) is 5.39 Å². The molecular weight excluding hydrogens is 477 g/mol. The highest BCUT2D eigenvalue weighted by Gasteiger charge is 2.40. The van der Waals surface area contributed by atoms with E-state index in [4.69, 9.17) is 19.0 Å². The Morgan fingerprint density at radius 3 is 2.14 bits per heavy atom. The molecule has 4 rings (SSSR count). The maximum atomic E-state index is 13.8. The number of aliphatic carboxylic acids is 1. The van der Waals surface area contributed by atoms with Gasteiger partial charge in [0.25, 0.3) is 5.76 Å². The van der Waals surface area contributed by atoms with Crippen molar-refractivity contribution in [2.24, 2.45) is 0 Å². The molecule has 1 N–H and O–H groups in total.